The smallest absolute Gasteiger partial charge is 0.168 e. The molecule has 0 saturated heterocycles. The second-order valence-electron chi connectivity index (χ2n) is 8.47. The Hall–Kier alpha value is -0.790. The molecule has 0 aromatic heterocycles. The lowest BCUT2D eigenvalue weighted by atomic mass is 9.67. The molecule has 2 aliphatic carbocycles. The number of ketones is 1. The molecular formula is C20H34O2. The van der Waals surface area contributed by atoms with E-state index in [1.165, 1.54) is 6.42 Å². The minimum absolute atomic E-state index is 0.190. The number of carbonyl (C=O) groups is 1. The molecule has 0 aromatic carbocycles. The van der Waals surface area contributed by atoms with Crippen molar-refractivity contribution in [3.63, 3.8) is 0 Å². The second-order valence-corrected chi connectivity index (χ2v) is 8.47. The maximum atomic E-state index is 13.0. The third-order valence-corrected chi connectivity index (χ3v) is 6.42. The summed E-state index contributed by atoms with van der Waals surface area (Å²) in [5.74, 6) is 0.838. The van der Waals surface area contributed by atoms with Gasteiger partial charge in [-0.3, -0.25) is 4.79 Å². The number of carbonyl (C=O) groups excluding carboxylic acids is 1. The summed E-state index contributed by atoms with van der Waals surface area (Å²) < 4.78 is 0. The number of allylic oxidation sites excluding steroid dienone is 2. The highest BCUT2D eigenvalue weighted by Crippen LogP contribution is 2.44. The Bertz CT molecular complexity index is 429. The Kier molecular flexibility index (Phi) is 5.40. The van der Waals surface area contributed by atoms with Crippen LogP contribution in [0.5, 0.6) is 0 Å². The topological polar surface area (TPSA) is 37.3 Å². The Labute approximate surface area is 136 Å². The van der Waals surface area contributed by atoms with Gasteiger partial charge in [0.05, 0.1) is 0 Å². The zero-order valence-corrected chi connectivity index (χ0v) is 15.0. The quantitative estimate of drug-likeness (QED) is 0.513. The van der Waals surface area contributed by atoms with Gasteiger partial charge in [-0.25, -0.2) is 0 Å². The highest BCUT2D eigenvalue weighted by molar-refractivity contribution is 5.99. The summed E-state index contributed by atoms with van der Waals surface area (Å²) in [6, 6.07) is 0. The standard InChI is InChI=1S/C20H34O2/c1-5-20(11-7-6-8-12-20)18(22)15(2)17(21)16-9-13-19(3,4)14-10-16/h16,21H,5-14H2,1-4H3/b17-15-. The van der Waals surface area contributed by atoms with E-state index in [0.717, 1.165) is 57.8 Å². The molecule has 0 amide bonds. The highest BCUT2D eigenvalue weighted by atomic mass is 16.3. The number of Topliss-reactive ketones (excluding diaryl/α,β-unsaturated/α-hetero) is 1. The summed E-state index contributed by atoms with van der Waals surface area (Å²) in [5.41, 5.74) is 0.862. The average Bonchev–Trinajstić information content (AvgIpc) is 2.53. The van der Waals surface area contributed by atoms with E-state index in [0.29, 0.717) is 16.7 Å². The first-order valence-corrected chi connectivity index (χ1v) is 9.26. The van der Waals surface area contributed by atoms with Gasteiger partial charge >= 0.3 is 0 Å². The van der Waals surface area contributed by atoms with Crippen molar-refractivity contribution in [2.45, 2.75) is 91.9 Å². The molecule has 2 heteroatoms. The molecule has 0 bridgehead atoms. The Morgan fingerprint density at radius 2 is 1.59 bits per heavy atom. The molecule has 0 heterocycles. The monoisotopic (exact) mass is 306 g/mol. The van der Waals surface area contributed by atoms with Crippen LogP contribution in [0, 0.1) is 16.7 Å². The minimum Gasteiger partial charge on any atom is -0.512 e. The maximum absolute atomic E-state index is 13.0. The van der Waals surface area contributed by atoms with E-state index in [1.54, 1.807) is 0 Å². The van der Waals surface area contributed by atoms with Gasteiger partial charge in [-0.1, -0.05) is 40.0 Å². The Morgan fingerprint density at radius 1 is 1.05 bits per heavy atom. The van der Waals surface area contributed by atoms with E-state index in [-0.39, 0.29) is 17.1 Å². The van der Waals surface area contributed by atoms with Crippen LogP contribution in [-0.2, 0) is 4.79 Å². The van der Waals surface area contributed by atoms with Crippen molar-refractivity contribution < 1.29 is 9.90 Å². The van der Waals surface area contributed by atoms with Crippen molar-refractivity contribution in [3.05, 3.63) is 11.3 Å². The first-order valence-electron chi connectivity index (χ1n) is 9.26. The average molecular weight is 306 g/mol. The van der Waals surface area contributed by atoms with Crippen LogP contribution in [0.15, 0.2) is 11.3 Å². The molecule has 0 aliphatic heterocycles. The highest BCUT2D eigenvalue weighted by Gasteiger charge is 2.40. The number of rotatable bonds is 4. The van der Waals surface area contributed by atoms with E-state index in [9.17, 15) is 9.90 Å². The third-order valence-electron chi connectivity index (χ3n) is 6.42. The summed E-state index contributed by atoms with van der Waals surface area (Å²) in [7, 11) is 0. The second kappa shape index (κ2) is 6.76. The molecule has 0 atom stereocenters. The molecule has 1 N–H and O–H groups in total. The van der Waals surface area contributed by atoms with Crippen LogP contribution in [0.25, 0.3) is 0 Å². The van der Waals surface area contributed by atoms with Gasteiger partial charge in [0.15, 0.2) is 5.78 Å². The van der Waals surface area contributed by atoms with E-state index in [4.69, 9.17) is 0 Å². The van der Waals surface area contributed by atoms with Crippen LogP contribution >= 0.6 is 0 Å². The summed E-state index contributed by atoms with van der Waals surface area (Å²) in [4.78, 5) is 13.0. The lowest BCUT2D eigenvalue weighted by Crippen LogP contribution is -2.34. The lowest BCUT2D eigenvalue weighted by molar-refractivity contribution is -0.127. The van der Waals surface area contributed by atoms with E-state index in [2.05, 4.69) is 20.8 Å². The van der Waals surface area contributed by atoms with E-state index in [1.807, 2.05) is 6.92 Å². The Balaban J connectivity index is 2.13. The lowest BCUT2D eigenvalue weighted by Gasteiger charge is -2.37. The minimum atomic E-state index is -0.190. The van der Waals surface area contributed by atoms with Crippen molar-refractivity contribution >= 4 is 5.78 Å². The molecule has 2 nitrogen and oxygen atoms in total. The Morgan fingerprint density at radius 3 is 2.09 bits per heavy atom. The number of aliphatic hydroxyl groups is 1. The largest absolute Gasteiger partial charge is 0.512 e. The van der Waals surface area contributed by atoms with Crippen molar-refractivity contribution in [1.82, 2.24) is 0 Å². The molecule has 22 heavy (non-hydrogen) atoms. The van der Waals surface area contributed by atoms with E-state index >= 15 is 0 Å². The van der Waals surface area contributed by atoms with Gasteiger partial charge < -0.3 is 5.11 Å². The van der Waals surface area contributed by atoms with Crippen molar-refractivity contribution in [2.75, 3.05) is 0 Å². The molecule has 0 unspecified atom stereocenters. The number of hydrogen-bond acceptors (Lipinski definition) is 2. The van der Waals surface area contributed by atoms with Crippen molar-refractivity contribution in [3.8, 4) is 0 Å². The first kappa shape index (κ1) is 17.6. The number of aliphatic hydroxyl groups excluding tert-OH is 1. The fourth-order valence-corrected chi connectivity index (χ4v) is 4.46. The SMILES string of the molecule is CCC1(C(=O)/C(C)=C(\O)C2CCC(C)(C)CC2)CCCCC1. The van der Waals surface area contributed by atoms with Crippen LogP contribution in [0.4, 0.5) is 0 Å². The predicted molar refractivity (Wildman–Crippen MR) is 91.9 cm³/mol. The van der Waals surface area contributed by atoms with Gasteiger partial charge in [-0.2, -0.15) is 0 Å². The predicted octanol–water partition coefficient (Wildman–Crippen LogP) is 5.96. The summed E-state index contributed by atoms with van der Waals surface area (Å²) in [6.07, 6.45) is 10.8. The van der Waals surface area contributed by atoms with Gasteiger partial charge in [0.2, 0.25) is 0 Å². The summed E-state index contributed by atoms with van der Waals surface area (Å²) in [5, 5.41) is 10.7. The maximum Gasteiger partial charge on any atom is 0.168 e. The fraction of sp³-hybridized carbons (Fsp3) is 0.850. The van der Waals surface area contributed by atoms with Gasteiger partial charge in [0.25, 0.3) is 0 Å². The summed E-state index contributed by atoms with van der Waals surface area (Å²) >= 11 is 0. The molecule has 2 aliphatic rings. The van der Waals surface area contributed by atoms with Crippen LogP contribution < -0.4 is 0 Å². The number of hydrogen-bond donors (Lipinski definition) is 1. The van der Waals surface area contributed by atoms with Crippen molar-refractivity contribution in [2.24, 2.45) is 16.7 Å². The zero-order chi connectivity index (χ0) is 16.4. The molecule has 0 radical (unpaired) electrons. The van der Waals surface area contributed by atoms with Gasteiger partial charge in [0.1, 0.15) is 5.76 Å². The van der Waals surface area contributed by atoms with Crippen LogP contribution in [0.2, 0.25) is 0 Å². The molecule has 0 spiro atoms. The molecular weight excluding hydrogens is 272 g/mol. The van der Waals surface area contributed by atoms with E-state index < -0.39 is 0 Å². The molecule has 0 aromatic rings. The van der Waals surface area contributed by atoms with Gasteiger partial charge in [0, 0.05) is 16.9 Å². The van der Waals surface area contributed by atoms with Crippen LogP contribution in [0.1, 0.15) is 91.9 Å². The fourth-order valence-electron chi connectivity index (χ4n) is 4.46. The van der Waals surface area contributed by atoms with Crippen LogP contribution in [0.3, 0.4) is 0 Å². The molecule has 2 fully saturated rings. The first-order chi connectivity index (χ1) is 10.3. The van der Waals surface area contributed by atoms with Gasteiger partial charge in [-0.15, -0.1) is 0 Å². The van der Waals surface area contributed by atoms with Gasteiger partial charge in [-0.05, 0) is 57.3 Å². The summed E-state index contributed by atoms with van der Waals surface area (Å²) in [6.45, 7) is 8.60. The molecule has 2 saturated carbocycles. The molecule has 2 rings (SSSR count). The normalized spacial score (nSPS) is 26.4. The zero-order valence-electron chi connectivity index (χ0n) is 15.0. The molecule has 126 valence electrons. The van der Waals surface area contributed by atoms with Crippen molar-refractivity contribution in [1.29, 1.82) is 0 Å². The van der Waals surface area contributed by atoms with Crippen LogP contribution in [-0.4, -0.2) is 10.9 Å². The third kappa shape index (κ3) is 3.58.